The lowest BCUT2D eigenvalue weighted by Crippen LogP contribution is -2.32. The zero-order valence-electron chi connectivity index (χ0n) is 9.63. The normalized spacial score (nSPS) is 19.5. The van der Waals surface area contributed by atoms with Gasteiger partial charge < -0.3 is 5.32 Å². The Labute approximate surface area is 94.9 Å². The lowest BCUT2D eigenvalue weighted by molar-refractivity contribution is 0.470. The molecule has 1 aromatic rings. The number of nitrogens with one attached hydrogen (secondary N) is 1. The molecule has 0 spiro atoms. The molecule has 1 N–H and O–H groups in total. The first-order chi connectivity index (χ1) is 7.58. The van der Waals surface area contributed by atoms with Crippen molar-refractivity contribution < 1.29 is 8.78 Å². The van der Waals surface area contributed by atoms with E-state index in [0.717, 1.165) is 5.56 Å². The van der Waals surface area contributed by atoms with Gasteiger partial charge in [-0.2, -0.15) is 0 Å². The van der Waals surface area contributed by atoms with E-state index in [1.54, 1.807) is 6.07 Å². The van der Waals surface area contributed by atoms with Gasteiger partial charge in [-0.3, -0.25) is 0 Å². The molecule has 2 rings (SSSR count). The second-order valence-corrected chi connectivity index (χ2v) is 4.69. The lowest BCUT2D eigenvalue weighted by Gasteiger charge is -2.21. The molecule has 88 valence electrons. The van der Waals surface area contributed by atoms with Crippen molar-refractivity contribution in [3.05, 3.63) is 35.4 Å². The molecule has 3 heteroatoms. The van der Waals surface area contributed by atoms with Gasteiger partial charge in [0.15, 0.2) is 11.6 Å². The van der Waals surface area contributed by atoms with E-state index in [1.807, 2.05) is 6.92 Å². The van der Waals surface area contributed by atoms with Crippen LogP contribution in [-0.4, -0.2) is 12.1 Å². The van der Waals surface area contributed by atoms with Gasteiger partial charge in [0.2, 0.25) is 0 Å². The number of benzene rings is 1. The van der Waals surface area contributed by atoms with Crippen LogP contribution in [0.3, 0.4) is 0 Å². The predicted molar refractivity (Wildman–Crippen MR) is 60.4 cm³/mol. The van der Waals surface area contributed by atoms with Crippen molar-refractivity contribution in [1.82, 2.24) is 5.32 Å². The van der Waals surface area contributed by atoms with Crippen molar-refractivity contribution in [2.45, 2.75) is 44.7 Å². The molecule has 1 aliphatic carbocycles. The number of hydrogen-bond donors (Lipinski definition) is 1. The molecule has 0 radical (unpaired) electrons. The zero-order valence-corrected chi connectivity index (χ0v) is 9.63. The summed E-state index contributed by atoms with van der Waals surface area (Å²) in [5.74, 6) is -1.35. The third-order valence-corrected chi connectivity index (χ3v) is 3.30. The number of rotatable bonds is 4. The maximum absolute atomic E-state index is 13.1. The summed E-state index contributed by atoms with van der Waals surface area (Å²) in [7, 11) is 0. The SMILES string of the molecule is CC(NC1CC1)C(C)c1ccc(F)c(F)c1. The van der Waals surface area contributed by atoms with Gasteiger partial charge in [0.05, 0.1) is 0 Å². The summed E-state index contributed by atoms with van der Waals surface area (Å²) in [5, 5.41) is 3.47. The van der Waals surface area contributed by atoms with E-state index >= 15 is 0 Å². The summed E-state index contributed by atoms with van der Waals surface area (Å²) in [4.78, 5) is 0. The number of halogens is 2. The average molecular weight is 225 g/mol. The quantitative estimate of drug-likeness (QED) is 0.829. The van der Waals surface area contributed by atoms with E-state index in [1.165, 1.54) is 25.0 Å². The summed E-state index contributed by atoms with van der Waals surface area (Å²) < 4.78 is 25.9. The Morgan fingerprint density at radius 3 is 2.44 bits per heavy atom. The van der Waals surface area contributed by atoms with Crippen LogP contribution in [0.4, 0.5) is 8.78 Å². The van der Waals surface area contributed by atoms with Crippen molar-refractivity contribution >= 4 is 0 Å². The van der Waals surface area contributed by atoms with Gasteiger partial charge in [-0.25, -0.2) is 8.78 Å². The molecule has 0 aliphatic heterocycles. The molecule has 1 fully saturated rings. The monoisotopic (exact) mass is 225 g/mol. The largest absolute Gasteiger partial charge is 0.311 e. The van der Waals surface area contributed by atoms with Crippen LogP contribution >= 0.6 is 0 Å². The molecule has 0 saturated heterocycles. The molecular formula is C13H17F2N. The molecule has 16 heavy (non-hydrogen) atoms. The van der Waals surface area contributed by atoms with Gasteiger partial charge >= 0.3 is 0 Å². The molecule has 2 atom stereocenters. The minimum atomic E-state index is -0.779. The molecule has 1 nitrogen and oxygen atoms in total. The first kappa shape index (κ1) is 11.5. The maximum Gasteiger partial charge on any atom is 0.159 e. The highest BCUT2D eigenvalue weighted by molar-refractivity contribution is 5.22. The van der Waals surface area contributed by atoms with E-state index in [4.69, 9.17) is 0 Å². The Morgan fingerprint density at radius 1 is 1.19 bits per heavy atom. The maximum atomic E-state index is 13.1. The van der Waals surface area contributed by atoms with Crippen LogP contribution in [0.15, 0.2) is 18.2 Å². The van der Waals surface area contributed by atoms with E-state index in [9.17, 15) is 8.78 Å². The molecule has 0 heterocycles. The van der Waals surface area contributed by atoms with Crippen molar-refractivity contribution in [3.63, 3.8) is 0 Å². The molecule has 0 bridgehead atoms. The Hall–Kier alpha value is -0.960. The molecule has 1 saturated carbocycles. The summed E-state index contributed by atoms with van der Waals surface area (Å²) >= 11 is 0. The summed E-state index contributed by atoms with van der Waals surface area (Å²) in [6.07, 6.45) is 2.46. The Bertz CT molecular complexity index is 374. The fourth-order valence-corrected chi connectivity index (χ4v) is 1.85. The van der Waals surface area contributed by atoms with Gasteiger partial charge in [0, 0.05) is 12.1 Å². The van der Waals surface area contributed by atoms with Gasteiger partial charge in [-0.15, -0.1) is 0 Å². The minimum Gasteiger partial charge on any atom is -0.311 e. The summed E-state index contributed by atoms with van der Waals surface area (Å²) in [6, 6.07) is 5.07. The minimum absolute atomic E-state index is 0.190. The van der Waals surface area contributed by atoms with Gasteiger partial charge in [-0.1, -0.05) is 13.0 Å². The Kier molecular flexibility index (Phi) is 3.24. The van der Waals surface area contributed by atoms with E-state index in [-0.39, 0.29) is 12.0 Å². The third kappa shape index (κ3) is 2.59. The third-order valence-electron chi connectivity index (χ3n) is 3.30. The highest BCUT2D eigenvalue weighted by Gasteiger charge is 2.25. The second-order valence-electron chi connectivity index (χ2n) is 4.69. The van der Waals surface area contributed by atoms with Crippen LogP contribution in [-0.2, 0) is 0 Å². The van der Waals surface area contributed by atoms with Crippen LogP contribution in [0.25, 0.3) is 0 Å². The van der Waals surface area contributed by atoms with Crippen LogP contribution in [0, 0.1) is 11.6 Å². The molecule has 0 aromatic heterocycles. The molecular weight excluding hydrogens is 208 g/mol. The van der Waals surface area contributed by atoms with Crippen molar-refractivity contribution in [2.75, 3.05) is 0 Å². The smallest absolute Gasteiger partial charge is 0.159 e. The first-order valence-electron chi connectivity index (χ1n) is 5.79. The lowest BCUT2D eigenvalue weighted by atomic mass is 9.94. The first-order valence-corrected chi connectivity index (χ1v) is 5.79. The van der Waals surface area contributed by atoms with Gasteiger partial charge in [0.1, 0.15) is 0 Å². The Balaban J connectivity index is 2.06. The topological polar surface area (TPSA) is 12.0 Å². The standard InChI is InChI=1S/C13H17F2N/c1-8(9(2)16-11-4-5-11)10-3-6-12(14)13(15)7-10/h3,6-9,11,16H,4-5H2,1-2H3. The molecule has 1 aromatic carbocycles. The van der Waals surface area contributed by atoms with Gasteiger partial charge in [-0.05, 0) is 43.4 Å². The zero-order chi connectivity index (χ0) is 11.7. The van der Waals surface area contributed by atoms with Crippen molar-refractivity contribution in [2.24, 2.45) is 0 Å². The molecule has 1 aliphatic rings. The Morgan fingerprint density at radius 2 is 1.88 bits per heavy atom. The fourth-order valence-electron chi connectivity index (χ4n) is 1.85. The molecule has 0 amide bonds. The van der Waals surface area contributed by atoms with Crippen LogP contribution < -0.4 is 5.32 Å². The van der Waals surface area contributed by atoms with Crippen LogP contribution in [0.1, 0.15) is 38.2 Å². The van der Waals surface area contributed by atoms with Crippen molar-refractivity contribution in [1.29, 1.82) is 0 Å². The van der Waals surface area contributed by atoms with Gasteiger partial charge in [0.25, 0.3) is 0 Å². The number of hydrogen-bond acceptors (Lipinski definition) is 1. The average Bonchev–Trinajstić information content (AvgIpc) is 3.05. The second kappa shape index (κ2) is 4.50. The highest BCUT2D eigenvalue weighted by atomic mass is 19.2. The highest BCUT2D eigenvalue weighted by Crippen LogP contribution is 2.25. The fraction of sp³-hybridized carbons (Fsp3) is 0.538. The van der Waals surface area contributed by atoms with Crippen molar-refractivity contribution in [3.8, 4) is 0 Å². The predicted octanol–water partition coefficient (Wildman–Crippen LogP) is 3.21. The van der Waals surface area contributed by atoms with Crippen LogP contribution in [0.2, 0.25) is 0 Å². The van der Waals surface area contributed by atoms with Crippen LogP contribution in [0.5, 0.6) is 0 Å². The molecule has 2 unspecified atom stereocenters. The summed E-state index contributed by atoms with van der Waals surface area (Å²) in [5.41, 5.74) is 0.847. The van der Waals surface area contributed by atoms with E-state index < -0.39 is 11.6 Å². The van der Waals surface area contributed by atoms with E-state index in [0.29, 0.717) is 6.04 Å². The summed E-state index contributed by atoms with van der Waals surface area (Å²) in [6.45, 7) is 4.12. The van der Waals surface area contributed by atoms with E-state index in [2.05, 4.69) is 12.2 Å².